The molecule has 0 saturated carbocycles. The Kier molecular flexibility index (Phi) is 8.92. The van der Waals surface area contributed by atoms with E-state index in [4.69, 9.17) is 9.73 Å². The first kappa shape index (κ1) is 24.8. The zero-order valence-electron chi connectivity index (χ0n) is 19.4. The second kappa shape index (κ2) is 11.9. The van der Waals surface area contributed by atoms with E-state index in [9.17, 15) is 0 Å². The van der Waals surface area contributed by atoms with Gasteiger partial charge < -0.3 is 25.2 Å². The number of benzene rings is 1. The molecule has 1 aliphatic rings. The molecule has 0 amide bonds. The third kappa shape index (κ3) is 5.75. The quantitative estimate of drug-likeness (QED) is 0.195. The van der Waals surface area contributed by atoms with Gasteiger partial charge in [0.1, 0.15) is 17.9 Å². The maximum atomic E-state index is 5.53. The molecule has 0 unspecified atom stereocenters. The molecule has 1 fully saturated rings. The lowest BCUT2D eigenvalue weighted by atomic mass is 10.2. The first-order valence-electron chi connectivity index (χ1n) is 11.0. The largest absolute Gasteiger partial charge is 0.495 e. The summed E-state index contributed by atoms with van der Waals surface area (Å²) in [6.07, 6.45) is 3.34. The van der Waals surface area contributed by atoms with E-state index in [1.54, 1.807) is 24.3 Å². The van der Waals surface area contributed by atoms with Gasteiger partial charge in [0.05, 0.1) is 30.9 Å². The van der Waals surface area contributed by atoms with E-state index >= 15 is 0 Å². The van der Waals surface area contributed by atoms with E-state index in [1.807, 2.05) is 19.2 Å². The average Bonchev–Trinajstić information content (AvgIpc) is 3.22. The zero-order valence-corrected chi connectivity index (χ0v) is 21.7. The minimum Gasteiger partial charge on any atom is -0.495 e. The molecular weight excluding hydrogens is 533 g/mol. The Morgan fingerprint density at radius 2 is 1.94 bits per heavy atom. The SMILES string of the molecule is CCNC(=NCCNc1ncnc2c1cnn2C)N1CCN(c2ccccc2OC)CC1.I. The summed E-state index contributed by atoms with van der Waals surface area (Å²) in [6.45, 7) is 7.89. The molecule has 0 aliphatic carbocycles. The lowest BCUT2D eigenvalue weighted by molar-refractivity contribution is 0.367. The topological polar surface area (TPSA) is 95.7 Å². The Bertz CT molecular complexity index is 1060. The molecule has 1 aromatic carbocycles. The summed E-state index contributed by atoms with van der Waals surface area (Å²) in [4.78, 5) is 18.1. The van der Waals surface area contributed by atoms with Crippen molar-refractivity contribution < 1.29 is 4.74 Å². The number of aliphatic imine (C=N–C) groups is 1. The molecule has 10 nitrogen and oxygen atoms in total. The van der Waals surface area contributed by atoms with Crippen molar-refractivity contribution in [1.29, 1.82) is 0 Å². The number of anilines is 2. The number of piperazine rings is 1. The monoisotopic (exact) mass is 565 g/mol. The van der Waals surface area contributed by atoms with Crippen LogP contribution in [-0.4, -0.2) is 83.5 Å². The summed E-state index contributed by atoms with van der Waals surface area (Å²) in [7, 11) is 3.60. The first-order chi connectivity index (χ1) is 15.7. The van der Waals surface area contributed by atoms with Crippen molar-refractivity contribution in [2.75, 3.05) is 63.1 Å². The summed E-state index contributed by atoms with van der Waals surface area (Å²) >= 11 is 0. The Hall–Kier alpha value is -2.83. The molecule has 33 heavy (non-hydrogen) atoms. The van der Waals surface area contributed by atoms with E-state index in [0.29, 0.717) is 13.1 Å². The third-order valence-corrected chi connectivity index (χ3v) is 5.54. The molecule has 1 aliphatic heterocycles. The van der Waals surface area contributed by atoms with E-state index in [-0.39, 0.29) is 24.0 Å². The van der Waals surface area contributed by atoms with Gasteiger partial charge in [0.2, 0.25) is 0 Å². The number of nitrogens with zero attached hydrogens (tertiary/aromatic N) is 7. The van der Waals surface area contributed by atoms with Crippen LogP contribution in [0.3, 0.4) is 0 Å². The number of halogens is 1. The van der Waals surface area contributed by atoms with Crippen molar-refractivity contribution in [3.8, 4) is 5.75 Å². The van der Waals surface area contributed by atoms with Crippen LogP contribution in [0.2, 0.25) is 0 Å². The van der Waals surface area contributed by atoms with Crippen LogP contribution < -0.4 is 20.3 Å². The molecule has 1 saturated heterocycles. The van der Waals surface area contributed by atoms with Crippen LogP contribution in [0.25, 0.3) is 11.0 Å². The van der Waals surface area contributed by atoms with Crippen LogP contribution >= 0.6 is 24.0 Å². The van der Waals surface area contributed by atoms with Crippen molar-refractivity contribution in [2.24, 2.45) is 12.0 Å². The van der Waals surface area contributed by atoms with Gasteiger partial charge in [-0.3, -0.25) is 9.67 Å². The molecule has 0 spiro atoms. The van der Waals surface area contributed by atoms with Gasteiger partial charge in [-0.05, 0) is 19.1 Å². The van der Waals surface area contributed by atoms with Gasteiger partial charge in [0.25, 0.3) is 0 Å². The lowest BCUT2D eigenvalue weighted by Crippen LogP contribution is -2.52. The molecule has 0 radical (unpaired) electrons. The Balaban J connectivity index is 0.00000306. The molecule has 2 aromatic heterocycles. The Labute approximate surface area is 211 Å². The number of hydrogen-bond donors (Lipinski definition) is 2. The predicted molar refractivity (Wildman–Crippen MR) is 143 cm³/mol. The third-order valence-electron chi connectivity index (χ3n) is 5.54. The van der Waals surface area contributed by atoms with Gasteiger partial charge in [-0.15, -0.1) is 24.0 Å². The van der Waals surface area contributed by atoms with Crippen LogP contribution in [0, 0.1) is 0 Å². The van der Waals surface area contributed by atoms with Crippen molar-refractivity contribution in [3.05, 3.63) is 36.8 Å². The maximum absolute atomic E-state index is 5.53. The van der Waals surface area contributed by atoms with E-state index in [2.05, 4.69) is 54.6 Å². The summed E-state index contributed by atoms with van der Waals surface area (Å²) in [6, 6.07) is 8.19. The van der Waals surface area contributed by atoms with Crippen LogP contribution in [0.5, 0.6) is 5.75 Å². The smallest absolute Gasteiger partial charge is 0.194 e. The van der Waals surface area contributed by atoms with Crippen molar-refractivity contribution in [2.45, 2.75) is 6.92 Å². The van der Waals surface area contributed by atoms with Gasteiger partial charge in [-0.25, -0.2) is 9.97 Å². The lowest BCUT2D eigenvalue weighted by Gasteiger charge is -2.38. The van der Waals surface area contributed by atoms with Crippen LogP contribution in [0.15, 0.2) is 41.8 Å². The van der Waals surface area contributed by atoms with Crippen LogP contribution in [0.4, 0.5) is 11.5 Å². The fraction of sp³-hybridized carbons (Fsp3) is 0.455. The molecule has 11 heteroatoms. The average molecular weight is 565 g/mol. The number of methoxy groups -OCH3 is 1. The highest BCUT2D eigenvalue weighted by Crippen LogP contribution is 2.28. The van der Waals surface area contributed by atoms with Crippen molar-refractivity contribution in [3.63, 3.8) is 0 Å². The highest BCUT2D eigenvalue weighted by molar-refractivity contribution is 14.0. The molecule has 3 heterocycles. The van der Waals surface area contributed by atoms with Gasteiger partial charge in [-0.1, -0.05) is 12.1 Å². The first-order valence-corrected chi connectivity index (χ1v) is 11.0. The minimum absolute atomic E-state index is 0. The molecule has 178 valence electrons. The highest BCUT2D eigenvalue weighted by atomic mass is 127. The normalized spacial score (nSPS) is 14.2. The number of ether oxygens (including phenoxy) is 1. The molecule has 3 aromatic rings. The second-order valence-electron chi connectivity index (χ2n) is 7.54. The fourth-order valence-electron chi connectivity index (χ4n) is 3.92. The standard InChI is InChI=1S/C22H31N9O.HI/c1-4-23-22(25-10-9-24-20-17-15-28-29(2)21(17)27-16-26-20)31-13-11-30(12-14-31)18-7-5-6-8-19(18)32-3;/h5-8,15-16H,4,9-14H2,1-3H3,(H,23,25)(H,24,26,27);1H. The fourth-order valence-corrected chi connectivity index (χ4v) is 3.92. The van der Waals surface area contributed by atoms with Crippen molar-refractivity contribution >= 4 is 52.5 Å². The second-order valence-corrected chi connectivity index (χ2v) is 7.54. The number of aryl methyl sites for hydroxylation is 1. The minimum atomic E-state index is 0. The molecule has 0 atom stereocenters. The van der Waals surface area contributed by atoms with Crippen molar-refractivity contribution in [1.82, 2.24) is 30.0 Å². The summed E-state index contributed by atoms with van der Waals surface area (Å²) in [5.74, 6) is 2.65. The summed E-state index contributed by atoms with van der Waals surface area (Å²) < 4.78 is 7.27. The van der Waals surface area contributed by atoms with Gasteiger partial charge >= 0.3 is 0 Å². The number of nitrogens with one attached hydrogen (secondary N) is 2. The number of para-hydroxylation sites is 2. The summed E-state index contributed by atoms with van der Waals surface area (Å²) in [5, 5.41) is 12.0. The number of hydrogen-bond acceptors (Lipinski definition) is 7. The van der Waals surface area contributed by atoms with Gasteiger partial charge in [-0.2, -0.15) is 5.10 Å². The Morgan fingerprint density at radius 3 is 2.70 bits per heavy atom. The van der Waals surface area contributed by atoms with E-state index in [0.717, 1.165) is 67.0 Å². The van der Waals surface area contributed by atoms with Crippen LogP contribution in [-0.2, 0) is 7.05 Å². The molecular formula is C22H32IN9O. The summed E-state index contributed by atoms with van der Waals surface area (Å²) in [5.41, 5.74) is 1.96. The van der Waals surface area contributed by atoms with Crippen LogP contribution in [0.1, 0.15) is 6.92 Å². The molecule has 0 bridgehead atoms. The number of aromatic nitrogens is 4. The van der Waals surface area contributed by atoms with E-state index < -0.39 is 0 Å². The molecule has 4 rings (SSSR count). The Morgan fingerprint density at radius 1 is 1.15 bits per heavy atom. The number of fused-ring (bicyclic) bond motifs is 1. The zero-order chi connectivity index (χ0) is 22.3. The maximum Gasteiger partial charge on any atom is 0.194 e. The molecule has 2 N–H and O–H groups in total. The van der Waals surface area contributed by atoms with Gasteiger partial charge in [0, 0.05) is 46.3 Å². The highest BCUT2D eigenvalue weighted by Gasteiger charge is 2.21. The predicted octanol–water partition coefficient (Wildman–Crippen LogP) is 2.19. The number of rotatable bonds is 7. The van der Waals surface area contributed by atoms with E-state index in [1.165, 1.54) is 0 Å². The van der Waals surface area contributed by atoms with Gasteiger partial charge in [0.15, 0.2) is 11.6 Å². The number of guanidine groups is 1.